The first-order valence-corrected chi connectivity index (χ1v) is 9.42. The molecule has 3 rings (SSSR count). The zero-order valence-electron chi connectivity index (χ0n) is 13.3. The van der Waals surface area contributed by atoms with Crippen LogP contribution >= 0.6 is 0 Å². The third kappa shape index (κ3) is 3.26. The van der Waals surface area contributed by atoms with Gasteiger partial charge in [-0.05, 0) is 43.7 Å². The van der Waals surface area contributed by atoms with Gasteiger partial charge in [0, 0.05) is 38.8 Å². The molecule has 0 aromatic heterocycles. The molecule has 0 spiro atoms. The van der Waals surface area contributed by atoms with Gasteiger partial charge in [0.1, 0.15) is 0 Å². The summed E-state index contributed by atoms with van der Waals surface area (Å²) in [5, 5.41) is 12.3. The summed E-state index contributed by atoms with van der Waals surface area (Å²) in [6.07, 6.45) is 1.14. The number of nitrogens with zero attached hydrogens (tertiary/aromatic N) is 3. The van der Waals surface area contributed by atoms with Gasteiger partial charge in [0.25, 0.3) is 0 Å². The third-order valence-corrected chi connectivity index (χ3v) is 6.67. The van der Waals surface area contributed by atoms with Gasteiger partial charge in [-0.1, -0.05) is 0 Å². The predicted octanol–water partition coefficient (Wildman–Crippen LogP) is 0.535. The van der Waals surface area contributed by atoms with Crippen molar-refractivity contribution in [3.8, 4) is 6.07 Å². The number of hydrogen-bond donors (Lipinski definition) is 1. The first-order chi connectivity index (χ1) is 11.0. The molecule has 124 valence electrons. The molecular weight excluding hydrogens is 312 g/mol. The Morgan fingerprint density at radius 3 is 2.57 bits per heavy atom. The lowest BCUT2D eigenvalue weighted by molar-refractivity contribution is 0.145. The Hall–Kier alpha value is -1.46. The summed E-state index contributed by atoms with van der Waals surface area (Å²) in [6.45, 7) is 6.43. The highest BCUT2D eigenvalue weighted by Crippen LogP contribution is 2.21. The number of nitriles is 1. The van der Waals surface area contributed by atoms with E-state index in [9.17, 15) is 8.42 Å². The van der Waals surface area contributed by atoms with Crippen molar-refractivity contribution < 1.29 is 8.42 Å². The molecule has 0 saturated carbocycles. The Balaban J connectivity index is 1.71. The van der Waals surface area contributed by atoms with E-state index in [2.05, 4.69) is 16.3 Å². The number of sulfonamides is 1. The smallest absolute Gasteiger partial charge is 0.243 e. The molecular formula is C16H22N4O2S. The van der Waals surface area contributed by atoms with E-state index >= 15 is 0 Å². The van der Waals surface area contributed by atoms with Crippen LogP contribution in [-0.2, 0) is 10.0 Å². The number of rotatable bonds is 3. The highest BCUT2D eigenvalue weighted by atomic mass is 32.2. The van der Waals surface area contributed by atoms with Crippen molar-refractivity contribution >= 4 is 10.0 Å². The van der Waals surface area contributed by atoms with Crippen molar-refractivity contribution in [2.45, 2.75) is 24.3 Å². The number of piperazine rings is 1. The fraction of sp³-hybridized carbons (Fsp3) is 0.562. The van der Waals surface area contributed by atoms with Gasteiger partial charge < -0.3 is 5.32 Å². The second-order valence-electron chi connectivity index (χ2n) is 6.18. The summed E-state index contributed by atoms with van der Waals surface area (Å²) in [7, 11) is -3.47. The highest BCUT2D eigenvalue weighted by molar-refractivity contribution is 7.89. The minimum atomic E-state index is -3.47. The van der Waals surface area contributed by atoms with Crippen LogP contribution in [0.2, 0.25) is 0 Å². The Morgan fingerprint density at radius 2 is 2.00 bits per heavy atom. The Morgan fingerprint density at radius 1 is 1.26 bits per heavy atom. The van der Waals surface area contributed by atoms with Crippen molar-refractivity contribution in [3.05, 3.63) is 29.3 Å². The molecule has 1 N–H and O–H groups in total. The minimum absolute atomic E-state index is 0.282. The monoisotopic (exact) mass is 334 g/mol. The molecule has 2 fully saturated rings. The molecule has 23 heavy (non-hydrogen) atoms. The molecule has 2 saturated heterocycles. The SMILES string of the molecule is Cc1cc(S(=O)(=O)N2CCN(C3CCNC3)CC2)ccc1C#N. The summed E-state index contributed by atoms with van der Waals surface area (Å²) in [6, 6.07) is 7.33. The lowest BCUT2D eigenvalue weighted by Crippen LogP contribution is -2.52. The van der Waals surface area contributed by atoms with Gasteiger partial charge in [0.2, 0.25) is 10.0 Å². The average molecular weight is 334 g/mol. The maximum absolute atomic E-state index is 12.8. The van der Waals surface area contributed by atoms with Gasteiger partial charge in [0.05, 0.1) is 16.5 Å². The van der Waals surface area contributed by atoms with Gasteiger partial charge >= 0.3 is 0 Å². The highest BCUT2D eigenvalue weighted by Gasteiger charge is 2.32. The predicted molar refractivity (Wildman–Crippen MR) is 87.5 cm³/mol. The van der Waals surface area contributed by atoms with E-state index in [1.54, 1.807) is 23.4 Å². The number of hydrogen-bond acceptors (Lipinski definition) is 5. The molecule has 7 heteroatoms. The van der Waals surface area contributed by atoms with Gasteiger partial charge in [0.15, 0.2) is 0 Å². The second-order valence-corrected chi connectivity index (χ2v) is 8.11. The van der Waals surface area contributed by atoms with Crippen molar-refractivity contribution in [2.24, 2.45) is 0 Å². The molecule has 0 bridgehead atoms. The topological polar surface area (TPSA) is 76.4 Å². The molecule has 1 aromatic rings. The van der Waals surface area contributed by atoms with Gasteiger partial charge in [-0.15, -0.1) is 0 Å². The maximum atomic E-state index is 12.8. The molecule has 0 amide bonds. The largest absolute Gasteiger partial charge is 0.315 e. The summed E-state index contributed by atoms with van der Waals surface area (Å²) in [5.74, 6) is 0. The van der Waals surface area contributed by atoms with Crippen molar-refractivity contribution in [1.82, 2.24) is 14.5 Å². The molecule has 0 aliphatic carbocycles. The van der Waals surface area contributed by atoms with Crippen molar-refractivity contribution in [3.63, 3.8) is 0 Å². The normalized spacial score (nSPS) is 23.7. The molecule has 1 aromatic carbocycles. The standard InChI is InChI=1S/C16H22N4O2S/c1-13-10-16(3-2-14(13)11-17)23(21,22)20-8-6-19(7-9-20)15-4-5-18-12-15/h2-3,10,15,18H,4-9,12H2,1H3. The Bertz CT molecular complexity index is 712. The zero-order valence-corrected chi connectivity index (χ0v) is 14.1. The molecule has 1 unspecified atom stereocenters. The van der Waals surface area contributed by atoms with E-state index in [4.69, 9.17) is 5.26 Å². The van der Waals surface area contributed by atoms with E-state index in [1.165, 1.54) is 6.07 Å². The summed E-state index contributed by atoms with van der Waals surface area (Å²) in [5.41, 5.74) is 1.21. The lowest BCUT2D eigenvalue weighted by Gasteiger charge is -2.37. The first kappa shape index (κ1) is 16.4. The fourth-order valence-corrected chi connectivity index (χ4v) is 4.84. The van der Waals surface area contributed by atoms with Crippen LogP contribution in [0.1, 0.15) is 17.5 Å². The van der Waals surface area contributed by atoms with Gasteiger partial charge in [-0.2, -0.15) is 9.57 Å². The number of nitrogens with one attached hydrogen (secondary N) is 1. The van der Waals surface area contributed by atoms with E-state index in [0.29, 0.717) is 30.3 Å². The second kappa shape index (κ2) is 6.57. The van der Waals surface area contributed by atoms with E-state index in [-0.39, 0.29) is 4.90 Å². The zero-order chi connectivity index (χ0) is 16.4. The molecule has 2 heterocycles. The van der Waals surface area contributed by atoms with E-state index in [1.807, 2.05) is 0 Å². The van der Waals surface area contributed by atoms with Crippen LogP contribution in [0.4, 0.5) is 0 Å². The van der Waals surface area contributed by atoms with E-state index < -0.39 is 10.0 Å². The quantitative estimate of drug-likeness (QED) is 0.873. The maximum Gasteiger partial charge on any atom is 0.243 e. The minimum Gasteiger partial charge on any atom is -0.315 e. The molecule has 2 aliphatic rings. The van der Waals surface area contributed by atoms with Crippen LogP contribution in [0, 0.1) is 18.3 Å². The third-order valence-electron chi connectivity index (χ3n) is 4.78. The lowest BCUT2D eigenvalue weighted by atomic mass is 10.1. The van der Waals surface area contributed by atoms with Crippen LogP contribution in [0.15, 0.2) is 23.1 Å². The molecule has 1 atom stereocenters. The number of aryl methyl sites for hydroxylation is 1. The fourth-order valence-electron chi connectivity index (χ4n) is 3.33. The van der Waals surface area contributed by atoms with E-state index in [0.717, 1.165) is 32.6 Å². The van der Waals surface area contributed by atoms with Crippen LogP contribution < -0.4 is 5.32 Å². The van der Waals surface area contributed by atoms with Crippen LogP contribution in [0.3, 0.4) is 0 Å². The summed E-state index contributed by atoms with van der Waals surface area (Å²) in [4.78, 5) is 2.67. The average Bonchev–Trinajstić information content (AvgIpc) is 3.09. The Labute approximate surface area is 137 Å². The molecule has 0 radical (unpaired) electrons. The Kier molecular flexibility index (Phi) is 4.69. The number of benzene rings is 1. The van der Waals surface area contributed by atoms with Gasteiger partial charge in [-0.25, -0.2) is 8.42 Å². The first-order valence-electron chi connectivity index (χ1n) is 7.98. The van der Waals surface area contributed by atoms with Crippen LogP contribution in [0.25, 0.3) is 0 Å². The molecule has 2 aliphatic heterocycles. The molecule has 6 nitrogen and oxygen atoms in total. The van der Waals surface area contributed by atoms with Crippen molar-refractivity contribution in [2.75, 3.05) is 39.3 Å². The van der Waals surface area contributed by atoms with Crippen molar-refractivity contribution in [1.29, 1.82) is 5.26 Å². The summed E-state index contributed by atoms with van der Waals surface area (Å²) >= 11 is 0. The van der Waals surface area contributed by atoms with Crippen LogP contribution in [0.5, 0.6) is 0 Å². The summed E-state index contributed by atoms with van der Waals surface area (Å²) < 4.78 is 27.1. The van der Waals surface area contributed by atoms with Crippen LogP contribution in [-0.4, -0.2) is 62.9 Å². The van der Waals surface area contributed by atoms with Gasteiger partial charge in [-0.3, -0.25) is 4.90 Å².